The molecule has 5 nitrogen and oxygen atoms in total. The average Bonchev–Trinajstić information content (AvgIpc) is 3.18. The molecule has 1 aromatic carbocycles. The van der Waals surface area contributed by atoms with Crippen LogP contribution in [0.25, 0.3) is 0 Å². The summed E-state index contributed by atoms with van der Waals surface area (Å²) in [6.07, 6.45) is 7.21. The van der Waals surface area contributed by atoms with Crippen molar-refractivity contribution in [3.8, 4) is 0 Å². The van der Waals surface area contributed by atoms with Gasteiger partial charge in [-0.25, -0.2) is 0 Å². The second-order valence-electron chi connectivity index (χ2n) is 11.4. The number of hydrogen-bond donors (Lipinski definition) is 0. The number of carbonyl (C=O) groups excluding carboxylic acids is 1. The highest BCUT2D eigenvalue weighted by molar-refractivity contribution is 5.84. The van der Waals surface area contributed by atoms with Crippen molar-refractivity contribution in [2.75, 3.05) is 26.2 Å². The molecular weight excluding hydrogens is 398 g/mol. The molecule has 0 spiro atoms. The normalized spacial score (nSPS) is 34.2. The molecule has 2 heterocycles. The first-order valence-corrected chi connectivity index (χ1v) is 12.4. The lowest BCUT2D eigenvalue weighted by atomic mass is 9.42. The van der Waals surface area contributed by atoms with Crippen LogP contribution in [0.5, 0.6) is 0 Å². The van der Waals surface area contributed by atoms with Gasteiger partial charge in [-0.3, -0.25) is 9.69 Å². The smallest absolute Gasteiger partial charge is 0.228 e. The van der Waals surface area contributed by atoms with Gasteiger partial charge >= 0.3 is 0 Å². The number of nitrogens with zero attached hydrogens (tertiary/aromatic N) is 3. The Kier molecular flexibility index (Phi) is 4.76. The number of rotatable bonds is 4. The van der Waals surface area contributed by atoms with E-state index >= 15 is 0 Å². The molecule has 5 fully saturated rings. The van der Waals surface area contributed by atoms with E-state index in [1.807, 2.05) is 13.0 Å². The van der Waals surface area contributed by atoms with Crippen LogP contribution in [0.2, 0.25) is 0 Å². The van der Waals surface area contributed by atoms with Crippen LogP contribution in [0.15, 0.2) is 34.9 Å². The van der Waals surface area contributed by atoms with Crippen molar-refractivity contribution < 1.29 is 9.32 Å². The maximum absolute atomic E-state index is 14.0. The molecule has 1 saturated heterocycles. The summed E-state index contributed by atoms with van der Waals surface area (Å²) < 4.78 is 5.39. The highest BCUT2D eigenvalue weighted by Gasteiger charge is 2.61. The van der Waals surface area contributed by atoms with Gasteiger partial charge in [0.2, 0.25) is 5.91 Å². The standard InChI is InChI=1S/C27H35N3O2/c1-19-3-5-23(6-4-19)26-13-21-12-22(14-26)16-27(15-21,18-26)25(31)30-9-7-29(8-10-30)17-24-11-20(2)28-32-24/h3-6,11,21-22H,7-10,12-18H2,1-2H3. The molecule has 4 aliphatic carbocycles. The molecular formula is C27H35N3O2. The molecule has 170 valence electrons. The number of amides is 1. The Bertz CT molecular complexity index is 988. The van der Waals surface area contributed by atoms with Crippen LogP contribution < -0.4 is 0 Å². The summed E-state index contributed by atoms with van der Waals surface area (Å²) in [7, 11) is 0. The number of aryl methyl sites for hydroxylation is 2. The third kappa shape index (κ3) is 3.40. The molecule has 1 amide bonds. The minimum absolute atomic E-state index is 0.126. The predicted molar refractivity (Wildman–Crippen MR) is 123 cm³/mol. The Balaban J connectivity index is 1.18. The van der Waals surface area contributed by atoms with Crippen LogP contribution in [-0.2, 0) is 16.8 Å². The van der Waals surface area contributed by atoms with Crippen LogP contribution in [0.1, 0.15) is 61.1 Å². The van der Waals surface area contributed by atoms with Crippen LogP contribution in [-0.4, -0.2) is 47.0 Å². The van der Waals surface area contributed by atoms with Gasteiger partial charge in [0.15, 0.2) is 5.76 Å². The van der Waals surface area contributed by atoms with Crippen molar-refractivity contribution in [1.29, 1.82) is 0 Å². The quantitative estimate of drug-likeness (QED) is 0.714. The molecule has 7 rings (SSSR count). The van der Waals surface area contributed by atoms with Gasteiger partial charge in [-0.2, -0.15) is 0 Å². The molecule has 0 N–H and O–H groups in total. The van der Waals surface area contributed by atoms with Crippen molar-refractivity contribution in [3.63, 3.8) is 0 Å². The number of carbonyl (C=O) groups is 1. The number of aromatic nitrogens is 1. The molecule has 4 saturated carbocycles. The van der Waals surface area contributed by atoms with Crippen molar-refractivity contribution >= 4 is 5.91 Å². The zero-order valence-corrected chi connectivity index (χ0v) is 19.5. The van der Waals surface area contributed by atoms with E-state index in [0.717, 1.165) is 75.3 Å². The first kappa shape index (κ1) is 20.5. The van der Waals surface area contributed by atoms with Gasteiger partial charge in [-0.15, -0.1) is 0 Å². The Hall–Kier alpha value is -2.14. The number of hydrogen-bond acceptors (Lipinski definition) is 4. The topological polar surface area (TPSA) is 49.6 Å². The lowest BCUT2D eigenvalue weighted by molar-refractivity contribution is -0.162. The summed E-state index contributed by atoms with van der Waals surface area (Å²) in [6, 6.07) is 11.2. The van der Waals surface area contributed by atoms with Gasteiger partial charge in [-0.1, -0.05) is 35.0 Å². The van der Waals surface area contributed by atoms with E-state index in [1.165, 1.54) is 30.4 Å². The van der Waals surface area contributed by atoms with E-state index in [-0.39, 0.29) is 10.8 Å². The van der Waals surface area contributed by atoms with Gasteiger partial charge in [0.05, 0.1) is 17.7 Å². The molecule has 4 bridgehead atoms. The van der Waals surface area contributed by atoms with E-state index in [9.17, 15) is 4.79 Å². The molecule has 2 aromatic rings. The summed E-state index contributed by atoms with van der Waals surface area (Å²) in [4.78, 5) is 18.6. The molecule has 5 heteroatoms. The van der Waals surface area contributed by atoms with Crippen LogP contribution in [0.3, 0.4) is 0 Å². The fourth-order valence-corrected chi connectivity index (χ4v) is 7.91. The van der Waals surface area contributed by atoms with E-state index in [4.69, 9.17) is 4.52 Å². The second kappa shape index (κ2) is 7.44. The van der Waals surface area contributed by atoms with Crippen LogP contribution in [0.4, 0.5) is 0 Å². The lowest BCUT2D eigenvalue weighted by Crippen LogP contribution is -2.61. The fraction of sp³-hybridized carbons (Fsp3) is 0.630. The summed E-state index contributed by atoms with van der Waals surface area (Å²) in [5.74, 6) is 2.82. The molecule has 1 aliphatic heterocycles. The molecule has 1 aromatic heterocycles. The fourth-order valence-electron chi connectivity index (χ4n) is 7.91. The van der Waals surface area contributed by atoms with E-state index in [0.29, 0.717) is 5.91 Å². The minimum atomic E-state index is -0.126. The van der Waals surface area contributed by atoms with Crippen molar-refractivity contribution in [2.24, 2.45) is 17.3 Å². The van der Waals surface area contributed by atoms with E-state index in [1.54, 1.807) is 0 Å². The highest BCUT2D eigenvalue weighted by Crippen LogP contribution is 2.66. The van der Waals surface area contributed by atoms with Gasteiger partial charge in [-0.05, 0) is 75.2 Å². The maximum atomic E-state index is 14.0. The largest absolute Gasteiger partial charge is 0.360 e. The summed E-state index contributed by atoms with van der Waals surface area (Å²) >= 11 is 0. The third-order valence-corrected chi connectivity index (χ3v) is 8.89. The first-order chi connectivity index (χ1) is 15.4. The van der Waals surface area contributed by atoms with Gasteiger partial charge < -0.3 is 9.42 Å². The van der Waals surface area contributed by atoms with Crippen molar-refractivity contribution in [1.82, 2.24) is 15.0 Å². The predicted octanol–water partition coefficient (Wildman–Crippen LogP) is 4.47. The van der Waals surface area contributed by atoms with E-state index < -0.39 is 0 Å². The maximum Gasteiger partial charge on any atom is 0.228 e. The second-order valence-corrected chi connectivity index (χ2v) is 11.4. The SMILES string of the molecule is Cc1ccc(C23CC4CC(CC(C(=O)N5CCN(Cc6cc(C)no6)CC5)(C4)C2)C3)cc1. The Morgan fingerprint density at radius 2 is 1.72 bits per heavy atom. The van der Waals surface area contributed by atoms with E-state index in [2.05, 4.69) is 46.1 Å². The number of piperazine rings is 1. The van der Waals surface area contributed by atoms with Gasteiger partial charge in [0.25, 0.3) is 0 Å². The first-order valence-electron chi connectivity index (χ1n) is 12.4. The summed E-state index contributed by atoms with van der Waals surface area (Å²) in [5.41, 5.74) is 3.83. The van der Waals surface area contributed by atoms with Gasteiger partial charge in [0.1, 0.15) is 0 Å². The molecule has 2 atom stereocenters. The Morgan fingerprint density at radius 1 is 1.03 bits per heavy atom. The molecule has 2 unspecified atom stereocenters. The summed E-state index contributed by atoms with van der Waals surface area (Å²) in [5, 5.41) is 4.00. The zero-order valence-electron chi connectivity index (χ0n) is 19.5. The third-order valence-electron chi connectivity index (χ3n) is 8.89. The Morgan fingerprint density at radius 3 is 2.34 bits per heavy atom. The molecule has 32 heavy (non-hydrogen) atoms. The molecule has 5 aliphatic rings. The average molecular weight is 434 g/mol. The van der Waals surface area contributed by atoms with Crippen LogP contribution in [0, 0.1) is 31.1 Å². The zero-order chi connectivity index (χ0) is 21.9. The highest BCUT2D eigenvalue weighted by atomic mass is 16.5. The monoisotopic (exact) mass is 433 g/mol. The summed E-state index contributed by atoms with van der Waals surface area (Å²) in [6.45, 7) is 8.40. The van der Waals surface area contributed by atoms with Crippen LogP contribution >= 0.6 is 0 Å². The van der Waals surface area contributed by atoms with Gasteiger partial charge in [0, 0.05) is 32.2 Å². The Labute approximate surface area is 191 Å². The van der Waals surface area contributed by atoms with Crippen molar-refractivity contribution in [2.45, 2.75) is 64.3 Å². The van der Waals surface area contributed by atoms with Crippen molar-refractivity contribution in [3.05, 3.63) is 52.9 Å². The lowest BCUT2D eigenvalue weighted by Gasteiger charge is -2.62. The number of benzene rings is 1. The minimum Gasteiger partial charge on any atom is -0.360 e. The molecule has 0 radical (unpaired) electrons.